The molecule has 0 bridgehead atoms. The Labute approximate surface area is 135 Å². The highest BCUT2D eigenvalue weighted by atomic mass is 28.3. The molecule has 0 radical (unpaired) electrons. The predicted octanol–water partition coefficient (Wildman–Crippen LogP) is 4.98. The quantitative estimate of drug-likeness (QED) is 0.446. The van der Waals surface area contributed by atoms with Gasteiger partial charge in [-0.1, -0.05) is 53.7 Å². The van der Waals surface area contributed by atoms with Gasteiger partial charge >= 0.3 is 0 Å². The van der Waals surface area contributed by atoms with Crippen molar-refractivity contribution in [3.05, 3.63) is 39.4 Å². The van der Waals surface area contributed by atoms with E-state index in [9.17, 15) is 10.1 Å². The zero-order valence-corrected chi connectivity index (χ0v) is 16.2. The predicted molar refractivity (Wildman–Crippen MR) is 94.0 cm³/mol. The van der Waals surface area contributed by atoms with Gasteiger partial charge in [-0.15, -0.1) is 0 Å². The average Bonchev–Trinajstić information content (AvgIpc) is 2.32. The smallest absolute Gasteiger partial charge is 0.273 e. The first-order chi connectivity index (χ1) is 9.84. The van der Waals surface area contributed by atoms with Crippen LogP contribution in [0.25, 0.3) is 0 Å². The first-order valence-corrected chi connectivity index (χ1v) is 10.6. The maximum Gasteiger partial charge on any atom is 0.273 e. The second-order valence-electron chi connectivity index (χ2n) is 8.21. The summed E-state index contributed by atoms with van der Waals surface area (Å²) < 4.78 is 6.18. The van der Waals surface area contributed by atoms with Crippen LogP contribution in [-0.4, -0.2) is 14.0 Å². The molecule has 0 saturated heterocycles. The normalized spacial score (nSPS) is 14.2. The minimum absolute atomic E-state index is 0.103. The molecule has 1 atom stereocenters. The number of nitro benzene ring substituents is 1. The van der Waals surface area contributed by atoms with Crippen molar-refractivity contribution in [2.24, 2.45) is 5.41 Å². The molecule has 0 fully saturated rings. The van der Waals surface area contributed by atoms with Crippen molar-refractivity contribution in [3.8, 4) is 0 Å². The largest absolute Gasteiger partial charge is 0.413 e. The molecule has 0 spiro atoms. The summed E-state index contributed by atoms with van der Waals surface area (Å²) in [5.74, 6) is 0. The minimum Gasteiger partial charge on any atom is -0.413 e. The van der Waals surface area contributed by atoms with Crippen LogP contribution < -0.4 is 0 Å². The summed E-state index contributed by atoms with van der Waals surface area (Å²) in [7, 11) is -1.25. The van der Waals surface area contributed by atoms with E-state index in [1.54, 1.807) is 6.07 Å². The van der Waals surface area contributed by atoms with Crippen LogP contribution in [-0.2, 0) is 9.84 Å². The van der Waals surface area contributed by atoms with Crippen molar-refractivity contribution in [1.29, 1.82) is 0 Å². The van der Waals surface area contributed by atoms with E-state index in [1.165, 1.54) is 0 Å². The molecule has 0 saturated carbocycles. The van der Waals surface area contributed by atoms with Crippen molar-refractivity contribution in [2.75, 3.05) is 0 Å². The Bertz CT molecular complexity index is 542. The summed E-state index contributed by atoms with van der Waals surface area (Å²) >= 11 is 0. The molecule has 5 heteroatoms. The summed E-state index contributed by atoms with van der Waals surface area (Å²) in [6.07, 6.45) is -0.119. The Morgan fingerprint density at radius 2 is 1.68 bits per heavy atom. The van der Waals surface area contributed by atoms with E-state index in [1.807, 2.05) is 32.9 Å². The minimum atomic E-state index is -1.25. The van der Waals surface area contributed by atoms with Gasteiger partial charge < -0.3 is 4.43 Å². The summed E-state index contributed by atoms with van der Waals surface area (Å²) in [5.41, 5.74) is 1.48. The summed E-state index contributed by atoms with van der Waals surface area (Å²) in [4.78, 5) is 11.2. The molecular formula is C17H29NO3Si. The van der Waals surface area contributed by atoms with E-state index < -0.39 is 9.04 Å². The third kappa shape index (κ3) is 4.65. The second-order valence-corrected chi connectivity index (χ2v) is 10.6. The lowest BCUT2D eigenvalue weighted by molar-refractivity contribution is -0.386. The molecule has 0 aliphatic carbocycles. The van der Waals surface area contributed by atoms with Crippen molar-refractivity contribution in [1.82, 2.24) is 0 Å². The Morgan fingerprint density at radius 3 is 2.05 bits per heavy atom. The lowest BCUT2D eigenvalue weighted by Gasteiger charge is -2.33. The van der Waals surface area contributed by atoms with Gasteiger partial charge in [0.2, 0.25) is 0 Å². The number of nitrogens with zero attached hydrogens (tertiary/aromatic N) is 1. The van der Waals surface area contributed by atoms with Gasteiger partial charge in [0.25, 0.3) is 5.69 Å². The first kappa shape index (κ1) is 18.8. The Kier molecular flexibility index (Phi) is 5.57. The fourth-order valence-corrected chi connectivity index (χ4v) is 3.66. The van der Waals surface area contributed by atoms with Crippen LogP contribution in [0, 0.1) is 15.5 Å². The lowest BCUT2D eigenvalue weighted by atomic mass is 9.81. The SMILES string of the molecule is C[SiH](C)OC(c1ccc(C(C)(C)C)c([N+](=O)[O-])c1)C(C)(C)C. The fourth-order valence-electron chi connectivity index (χ4n) is 2.55. The standard InChI is InChI=1S/C17H29NO3Si/c1-16(2,3)13-10-9-12(11-14(13)18(19)20)15(17(4,5)6)21-22(7)8/h9-11,15,22H,1-8H3. The van der Waals surface area contributed by atoms with Crippen LogP contribution in [0.5, 0.6) is 0 Å². The average molecular weight is 324 g/mol. The van der Waals surface area contributed by atoms with Crippen LogP contribution in [0.15, 0.2) is 18.2 Å². The molecule has 4 nitrogen and oxygen atoms in total. The molecule has 22 heavy (non-hydrogen) atoms. The monoisotopic (exact) mass is 323 g/mol. The van der Waals surface area contributed by atoms with E-state index in [2.05, 4.69) is 33.9 Å². The summed E-state index contributed by atoms with van der Waals surface area (Å²) in [6.45, 7) is 16.6. The number of nitro groups is 1. The zero-order valence-electron chi connectivity index (χ0n) is 15.1. The number of rotatable bonds is 4. The Hall–Kier alpha value is -1.20. The number of benzene rings is 1. The molecule has 0 aromatic heterocycles. The van der Waals surface area contributed by atoms with Crippen LogP contribution in [0.4, 0.5) is 5.69 Å². The molecule has 124 valence electrons. The third-order valence-corrected chi connectivity index (χ3v) is 4.34. The molecular weight excluding hydrogens is 294 g/mol. The second kappa shape index (κ2) is 6.50. The highest BCUT2D eigenvalue weighted by molar-refractivity contribution is 6.48. The van der Waals surface area contributed by atoms with Gasteiger partial charge in [-0.25, -0.2) is 0 Å². The van der Waals surface area contributed by atoms with Crippen molar-refractivity contribution < 1.29 is 9.35 Å². The fraction of sp³-hybridized carbons (Fsp3) is 0.647. The molecule has 0 heterocycles. The molecule has 1 aromatic carbocycles. The van der Waals surface area contributed by atoms with Gasteiger partial charge in [-0.05, 0) is 29.5 Å². The maximum atomic E-state index is 11.5. The van der Waals surface area contributed by atoms with Gasteiger partial charge in [0.05, 0.1) is 11.0 Å². The van der Waals surface area contributed by atoms with E-state index in [-0.39, 0.29) is 27.5 Å². The van der Waals surface area contributed by atoms with Gasteiger partial charge in [-0.2, -0.15) is 0 Å². The van der Waals surface area contributed by atoms with Crippen LogP contribution in [0.2, 0.25) is 13.1 Å². The summed E-state index contributed by atoms with van der Waals surface area (Å²) in [5, 5.41) is 11.5. The van der Waals surface area contributed by atoms with Crippen molar-refractivity contribution in [3.63, 3.8) is 0 Å². The van der Waals surface area contributed by atoms with Gasteiger partial charge in [0.15, 0.2) is 9.04 Å². The van der Waals surface area contributed by atoms with Gasteiger partial charge in [0, 0.05) is 11.6 Å². The highest BCUT2D eigenvalue weighted by Gasteiger charge is 2.31. The van der Waals surface area contributed by atoms with Gasteiger partial charge in [0.1, 0.15) is 0 Å². The molecule has 0 N–H and O–H groups in total. The molecule has 1 rings (SSSR count). The molecule has 1 aromatic rings. The van der Waals surface area contributed by atoms with E-state index in [0.717, 1.165) is 11.1 Å². The summed E-state index contributed by atoms with van der Waals surface area (Å²) in [6, 6.07) is 5.57. The zero-order chi connectivity index (χ0) is 17.3. The van der Waals surface area contributed by atoms with Crippen molar-refractivity contribution in [2.45, 2.75) is 66.2 Å². The van der Waals surface area contributed by atoms with E-state index >= 15 is 0 Å². The number of hydrogen-bond acceptors (Lipinski definition) is 3. The van der Waals surface area contributed by atoms with Gasteiger partial charge in [-0.3, -0.25) is 10.1 Å². The first-order valence-electron chi connectivity index (χ1n) is 7.78. The van der Waals surface area contributed by atoms with Crippen LogP contribution in [0.1, 0.15) is 58.8 Å². The Balaban J connectivity index is 3.42. The Morgan fingerprint density at radius 1 is 1.14 bits per heavy atom. The van der Waals surface area contributed by atoms with E-state index in [4.69, 9.17) is 4.43 Å². The van der Waals surface area contributed by atoms with Crippen molar-refractivity contribution >= 4 is 14.7 Å². The van der Waals surface area contributed by atoms with Crippen LogP contribution in [0.3, 0.4) is 0 Å². The van der Waals surface area contributed by atoms with E-state index in [0.29, 0.717) is 0 Å². The topological polar surface area (TPSA) is 52.4 Å². The third-order valence-electron chi connectivity index (χ3n) is 3.52. The molecule has 0 aliphatic rings. The number of hydrogen-bond donors (Lipinski definition) is 0. The highest BCUT2D eigenvalue weighted by Crippen LogP contribution is 2.40. The maximum absolute atomic E-state index is 11.5. The van der Waals surface area contributed by atoms with Crippen LogP contribution >= 0.6 is 0 Å². The lowest BCUT2D eigenvalue weighted by Crippen LogP contribution is -2.26. The molecule has 0 aliphatic heterocycles. The molecule has 1 unspecified atom stereocenters. The molecule has 0 amide bonds.